The summed E-state index contributed by atoms with van der Waals surface area (Å²) >= 11 is 1.22. The van der Waals surface area contributed by atoms with E-state index in [9.17, 15) is 14.4 Å². The van der Waals surface area contributed by atoms with E-state index in [1.54, 1.807) is 17.5 Å². The summed E-state index contributed by atoms with van der Waals surface area (Å²) in [5.41, 5.74) is 0. The van der Waals surface area contributed by atoms with E-state index in [1.165, 1.54) is 18.4 Å². The van der Waals surface area contributed by atoms with Crippen molar-refractivity contribution in [3.8, 4) is 0 Å². The van der Waals surface area contributed by atoms with Crippen molar-refractivity contribution in [2.75, 3.05) is 7.11 Å². The number of carboxylic acids is 1. The molecule has 0 aliphatic rings. The minimum atomic E-state index is -1.18. The Kier molecular flexibility index (Phi) is 5.31. The Hall–Kier alpha value is -1.89. The molecule has 0 saturated carbocycles. The lowest BCUT2D eigenvalue weighted by molar-refractivity contribution is -0.142. The Morgan fingerprint density at radius 3 is 2.72 bits per heavy atom. The number of hydrogen-bond acceptors (Lipinski definition) is 5. The number of amides is 1. The lowest BCUT2D eigenvalue weighted by Crippen LogP contribution is -2.40. The third-order valence-electron chi connectivity index (χ3n) is 2.21. The predicted molar refractivity (Wildman–Crippen MR) is 64.5 cm³/mol. The fraction of sp³-hybridized carbons (Fsp3) is 0.364. The summed E-state index contributed by atoms with van der Waals surface area (Å²) in [7, 11) is 1.22. The van der Waals surface area contributed by atoms with E-state index >= 15 is 0 Å². The summed E-state index contributed by atoms with van der Waals surface area (Å²) in [4.78, 5) is 34.0. The van der Waals surface area contributed by atoms with Crippen molar-refractivity contribution < 1.29 is 24.2 Å². The first-order valence-corrected chi connectivity index (χ1v) is 6.06. The van der Waals surface area contributed by atoms with Crippen LogP contribution in [0.5, 0.6) is 0 Å². The van der Waals surface area contributed by atoms with Crippen LogP contribution in [0, 0.1) is 0 Å². The Morgan fingerprint density at radius 1 is 1.50 bits per heavy atom. The topological polar surface area (TPSA) is 92.7 Å². The van der Waals surface area contributed by atoms with Gasteiger partial charge in [0, 0.05) is 6.42 Å². The molecule has 0 fully saturated rings. The molecule has 0 saturated heterocycles. The molecule has 0 bridgehead atoms. The first kappa shape index (κ1) is 14.2. The van der Waals surface area contributed by atoms with Gasteiger partial charge in [-0.3, -0.25) is 9.59 Å². The van der Waals surface area contributed by atoms with Crippen molar-refractivity contribution in [2.24, 2.45) is 0 Å². The molecule has 1 atom stereocenters. The summed E-state index contributed by atoms with van der Waals surface area (Å²) < 4.78 is 4.42. The molecular formula is C11H13NO5S. The highest BCUT2D eigenvalue weighted by atomic mass is 32.1. The number of hydrogen-bond donors (Lipinski definition) is 2. The van der Waals surface area contributed by atoms with Gasteiger partial charge >= 0.3 is 11.9 Å². The maximum Gasteiger partial charge on any atom is 0.326 e. The fourth-order valence-corrected chi connectivity index (χ4v) is 1.89. The Balaban J connectivity index is 2.55. The van der Waals surface area contributed by atoms with Crippen LogP contribution in [0.3, 0.4) is 0 Å². The van der Waals surface area contributed by atoms with Gasteiger partial charge in [-0.05, 0) is 17.9 Å². The molecule has 0 aromatic carbocycles. The molecule has 98 valence electrons. The number of rotatable bonds is 6. The molecule has 0 aliphatic heterocycles. The average molecular weight is 271 g/mol. The van der Waals surface area contributed by atoms with Crippen LogP contribution >= 0.6 is 11.3 Å². The summed E-state index contributed by atoms with van der Waals surface area (Å²) in [5, 5.41) is 13.0. The number of carbonyl (C=O) groups excluding carboxylic acids is 2. The largest absolute Gasteiger partial charge is 0.480 e. The Labute approximate surface area is 108 Å². The van der Waals surface area contributed by atoms with Crippen molar-refractivity contribution in [3.05, 3.63) is 22.4 Å². The standard InChI is InChI=1S/C11H13NO5S/c1-17-9(13)5-4-7(11(15)16)12-10(14)8-3-2-6-18-8/h2-3,6-7H,4-5H2,1H3,(H,12,14)(H,15,16). The zero-order valence-electron chi connectivity index (χ0n) is 9.71. The van der Waals surface area contributed by atoms with Crippen LogP contribution in [0.4, 0.5) is 0 Å². The predicted octanol–water partition coefficient (Wildman–Crippen LogP) is 0.884. The van der Waals surface area contributed by atoms with Crippen LogP contribution in [-0.2, 0) is 14.3 Å². The highest BCUT2D eigenvalue weighted by Crippen LogP contribution is 2.09. The molecule has 0 aliphatic carbocycles. The van der Waals surface area contributed by atoms with Gasteiger partial charge in [0.2, 0.25) is 0 Å². The first-order valence-electron chi connectivity index (χ1n) is 5.18. The summed E-state index contributed by atoms with van der Waals surface area (Å²) in [6.45, 7) is 0. The maximum atomic E-state index is 11.7. The number of methoxy groups -OCH3 is 1. The highest BCUT2D eigenvalue weighted by Gasteiger charge is 2.22. The molecule has 1 aromatic heterocycles. The number of thiophene rings is 1. The maximum absolute atomic E-state index is 11.7. The molecule has 0 spiro atoms. The number of carbonyl (C=O) groups is 3. The quantitative estimate of drug-likeness (QED) is 0.749. The van der Waals surface area contributed by atoms with Crippen molar-refractivity contribution in [1.29, 1.82) is 0 Å². The normalized spacial score (nSPS) is 11.6. The molecule has 1 aromatic rings. The SMILES string of the molecule is COC(=O)CCC(NC(=O)c1cccs1)C(=O)O. The Morgan fingerprint density at radius 2 is 2.22 bits per heavy atom. The van der Waals surface area contributed by atoms with Gasteiger partial charge in [0.15, 0.2) is 0 Å². The van der Waals surface area contributed by atoms with Gasteiger partial charge in [0.05, 0.1) is 12.0 Å². The van der Waals surface area contributed by atoms with E-state index in [0.29, 0.717) is 4.88 Å². The van der Waals surface area contributed by atoms with Crippen molar-refractivity contribution >= 4 is 29.2 Å². The van der Waals surface area contributed by atoms with Crippen LogP contribution < -0.4 is 5.32 Å². The van der Waals surface area contributed by atoms with Gasteiger partial charge in [-0.25, -0.2) is 4.79 Å². The van der Waals surface area contributed by atoms with E-state index in [2.05, 4.69) is 10.1 Å². The third-order valence-corrected chi connectivity index (χ3v) is 3.08. The van der Waals surface area contributed by atoms with Crippen LogP contribution in [0.25, 0.3) is 0 Å². The smallest absolute Gasteiger partial charge is 0.326 e. The zero-order valence-corrected chi connectivity index (χ0v) is 10.5. The Bertz CT molecular complexity index is 429. The second-order valence-corrected chi connectivity index (χ2v) is 4.40. The number of aliphatic carboxylic acids is 1. The fourth-order valence-electron chi connectivity index (χ4n) is 1.26. The molecule has 0 radical (unpaired) electrons. The minimum Gasteiger partial charge on any atom is -0.480 e. The lowest BCUT2D eigenvalue weighted by Gasteiger charge is -2.13. The van der Waals surface area contributed by atoms with Gasteiger partial charge < -0.3 is 15.2 Å². The van der Waals surface area contributed by atoms with Crippen LogP contribution in [0.1, 0.15) is 22.5 Å². The van der Waals surface area contributed by atoms with Crippen LogP contribution in [0.15, 0.2) is 17.5 Å². The number of nitrogens with one attached hydrogen (secondary N) is 1. The van der Waals surface area contributed by atoms with Gasteiger partial charge in [-0.15, -0.1) is 11.3 Å². The number of carboxylic acid groups (broad SMARTS) is 1. The second-order valence-electron chi connectivity index (χ2n) is 3.46. The monoisotopic (exact) mass is 271 g/mol. The molecule has 1 unspecified atom stereocenters. The molecule has 1 amide bonds. The molecular weight excluding hydrogens is 258 g/mol. The molecule has 1 rings (SSSR count). The van der Waals surface area contributed by atoms with Crippen molar-refractivity contribution in [1.82, 2.24) is 5.32 Å². The van der Waals surface area contributed by atoms with Gasteiger partial charge in [-0.2, -0.15) is 0 Å². The molecule has 7 heteroatoms. The second kappa shape index (κ2) is 6.75. The van der Waals surface area contributed by atoms with Gasteiger partial charge in [-0.1, -0.05) is 6.07 Å². The average Bonchev–Trinajstić information content (AvgIpc) is 2.87. The molecule has 6 nitrogen and oxygen atoms in total. The number of ether oxygens (including phenoxy) is 1. The minimum absolute atomic E-state index is 0.000871. The molecule has 1 heterocycles. The molecule has 2 N–H and O–H groups in total. The van der Waals surface area contributed by atoms with Gasteiger partial charge in [0.1, 0.15) is 6.04 Å². The first-order chi connectivity index (χ1) is 8.54. The van der Waals surface area contributed by atoms with Gasteiger partial charge in [0.25, 0.3) is 5.91 Å². The summed E-state index contributed by atoms with van der Waals surface area (Å²) in [6, 6.07) is 2.20. The van der Waals surface area contributed by atoms with Crippen LogP contribution in [0.2, 0.25) is 0 Å². The third kappa shape index (κ3) is 4.17. The van der Waals surface area contributed by atoms with Crippen molar-refractivity contribution in [3.63, 3.8) is 0 Å². The van der Waals surface area contributed by atoms with E-state index in [-0.39, 0.29) is 12.8 Å². The van der Waals surface area contributed by atoms with E-state index < -0.39 is 23.9 Å². The van der Waals surface area contributed by atoms with Crippen LogP contribution in [-0.4, -0.2) is 36.1 Å². The summed E-state index contributed by atoms with van der Waals surface area (Å²) in [6.07, 6.45) is -0.0582. The van der Waals surface area contributed by atoms with Crippen molar-refractivity contribution in [2.45, 2.75) is 18.9 Å². The summed E-state index contributed by atoms with van der Waals surface area (Å²) in [5.74, 6) is -2.14. The number of esters is 1. The lowest BCUT2D eigenvalue weighted by atomic mass is 10.1. The van der Waals surface area contributed by atoms with E-state index in [4.69, 9.17) is 5.11 Å². The highest BCUT2D eigenvalue weighted by molar-refractivity contribution is 7.12. The van der Waals surface area contributed by atoms with E-state index in [1.807, 2.05) is 0 Å². The molecule has 18 heavy (non-hydrogen) atoms. The van der Waals surface area contributed by atoms with E-state index in [0.717, 1.165) is 0 Å². The zero-order chi connectivity index (χ0) is 13.5.